The molecule has 1 aliphatic rings. The van der Waals surface area contributed by atoms with E-state index in [4.69, 9.17) is 0 Å². The molecule has 2 atom stereocenters. The molecule has 2 aromatic carbocycles. The zero-order valence-corrected chi connectivity index (χ0v) is 17.5. The molecule has 2 amide bonds. The lowest BCUT2D eigenvalue weighted by molar-refractivity contribution is -0.119. The molecule has 28 heavy (non-hydrogen) atoms. The van der Waals surface area contributed by atoms with E-state index in [-0.39, 0.29) is 27.7 Å². The highest BCUT2D eigenvalue weighted by Crippen LogP contribution is 2.37. The summed E-state index contributed by atoms with van der Waals surface area (Å²) in [6, 6.07) is 12.0. The quantitative estimate of drug-likeness (QED) is 0.776. The van der Waals surface area contributed by atoms with E-state index in [0.29, 0.717) is 11.4 Å². The van der Waals surface area contributed by atoms with Crippen molar-refractivity contribution in [1.29, 1.82) is 0 Å². The highest BCUT2D eigenvalue weighted by atomic mass is 32.2. The molecule has 0 radical (unpaired) electrons. The van der Waals surface area contributed by atoms with Crippen LogP contribution in [0.4, 0.5) is 11.4 Å². The standard InChI is InChI=1S/C20H22N2O4S2/c1-12-6-4-5-7-16(12)21-19(23)13(2)11-28(25,26)15-8-9-18-17(10-15)22-20(24)14(3)27-18/h4-10,13-14H,11H2,1-3H3,(H,21,23)(H,22,24)/t13-,14-/m1/s1. The Hall–Kier alpha value is -2.32. The van der Waals surface area contributed by atoms with Crippen LogP contribution in [-0.4, -0.2) is 31.2 Å². The van der Waals surface area contributed by atoms with Gasteiger partial charge in [-0.2, -0.15) is 0 Å². The van der Waals surface area contributed by atoms with Crippen molar-refractivity contribution < 1.29 is 18.0 Å². The number of aryl methyl sites for hydroxylation is 1. The number of nitrogens with one attached hydrogen (secondary N) is 2. The van der Waals surface area contributed by atoms with Crippen LogP contribution in [-0.2, 0) is 19.4 Å². The van der Waals surface area contributed by atoms with Gasteiger partial charge < -0.3 is 10.6 Å². The summed E-state index contributed by atoms with van der Waals surface area (Å²) < 4.78 is 25.6. The fraction of sp³-hybridized carbons (Fsp3) is 0.300. The zero-order chi connectivity index (χ0) is 20.5. The summed E-state index contributed by atoms with van der Waals surface area (Å²) in [6.07, 6.45) is 0. The van der Waals surface area contributed by atoms with E-state index < -0.39 is 15.8 Å². The number of amides is 2. The first kappa shape index (κ1) is 20.4. The summed E-state index contributed by atoms with van der Waals surface area (Å²) in [7, 11) is -3.69. The maximum atomic E-state index is 12.8. The summed E-state index contributed by atoms with van der Waals surface area (Å²) in [5.74, 6) is -1.56. The first-order chi connectivity index (χ1) is 13.2. The van der Waals surface area contributed by atoms with Crippen LogP contribution >= 0.6 is 11.8 Å². The van der Waals surface area contributed by atoms with Gasteiger partial charge in [0, 0.05) is 16.5 Å². The number of rotatable bonds is 5. The number of fused-ring (bicyclic) bond motifs is 1. The number of sulfone groups is 1. The van der Waals surface area contributed by atoms with Crippen LogP contribution in [0, 0.1) is 12.8 Å². The fourth-order valence-corrected chi connectivity index (χ4v) is 5.36. The van der Waals surface area contributed by atoms with Crippen LogP contribution in [0.3, 0.4) is 0 Å². The van der Waals surface area contributed by atoms with E-state index in [0.717, 1.165) is 10.5 Å². The highest BCUT2D eigenvalue weighted by Gasteiger charge is 2.27. The number of para-hydroxylation sites is 1. The number of benzene rings is 2. The molecule has 6 nitrogen and oxygen atoms in total. The van der Waals surface area contributed by atoms with Crippen LogP contribution in [0.1, 0.15) is 19.4 Å². The van der Waals surface area contributed by atoms with E-state index in [1.165, 1.54) is 23.9 Å². The van der Waals surface area contributed by atoms with Crippen molar-refractivity contribution >= 4 is 44.8 Å². The summed E-state index contributed by atoms with van der Waals surface area (Å²) in [4.78, 5) is 25.2. The van der Waals surface area contributed by atoms with Crippen LogP contribution in [0.15, 0.2) is 52.3 Å². The van der Waals surface area contributed by atoms with Crippen molar-refractivity contribution in [2.75, 3.05) is 16.4 Å². The van der Waals surface area contributed by atoms with Crippen LogP contribution in [0.2, 0.25) is 0 Å². The molecular formula is C20H22N2O4S2. The largest absolute Gasteiger partial charge is 0.326 e. The van der Waals surface area contributed by atoms with Crippen molar-refractivity contribution in [3.63, 3.8) is 0 Å². The maximum Gasteiger partial charge on any atom is 0.237 e. The molecule has 3 rings (SSSR count). The fourth-order valence-electron chi connectivity index (χ4n) is 2.85. The first-order valence-corrected chi connectivity index (χ1v) is 11.4. The molecule has 0 fully saturated rings. The van der Waals surface area contributed by atoms with E-state index in [1.54, 1.807) is 26.0 Å². The van der Waals surface area contributed by atoms with Gasteiger partial charge in [-0.05, 0) is 43.7 Å². The van der Waals surface area contributed by atoms with Gasteiger partial charge in [0.2, 0.25) is 11.8 Å². The molecule has 1 heterocycles. The van der Waals surface area contributed by atoms with E-state index in [9.17, 15) is 18.0 Å². The second-order valence-electron chi connectivity index (χ2n) is 6.89. The molecule has 0 aromatic heterocycles. The van der Waals surface area contributed by atoms with Crippen LogP contribution < -0.4 is 10.6 Å². The van der Waals surface area contributed by atoms with Gasteiger partial charge >= 0.3 is 0 Å². The lowest BCUT2D eigenvalue weighted by atomic mass is 10.1. The third kappa shape index (κ3) is 4.39. The number of hydrogen-bond donors (Lipinski definition) is 2. The van der Waals surface area contributed by atoms with Crippen LogP contribution in [0.25, 0.3) is 0 Å². The Bertz CT molecular complexity index is 1030. The summed E-state index contributed by atoms with van der Waals surface area (Å²) in [5, 5.41) is 5.29. The Morgan fingerprint density at radius 3 is 2.68 bits per heavy atom. The first-order valence-electron chi connectivity index (χ1n) is 8.88. The van der Waals surface area contributed by atoms with Crippen molar-refractivity contribution in [3.8, 4) is 0 Å². The maximum absolute atomic E-state index is 12.8. The lowest BCUT2D eigenvalue weighted by Crippen LogP contribution is -2.28. The molecule has 0 spiro atoms. The van der Waals surface area contributed by atoms with Gasteiger partial charge in [0.1, 0.15) is 0 Å². The lowest BCUT2D eigenvalue weighted by Gasteiger charge is -2.22. The summed E-state index contributed by atoms with van der Waals surface area (Å²) in [6.45, 7) is 5.25. The molecule has 0 saturated heterocycles. The van der Waals surface area contributed by atoms with Crippen molar-refractivity contribution in [2.24, 2.45) is 5.92 Å². The number of thioether (sulfide) groups is 1. The molecule has 0 bridgehead atoms. The predicted octanol–water partition coefficient (Wildman–Crippen LogP) is 3.48. The molecule has 8 heteroatoms. The van der Waals surface area contributed by atoms with Gasteiger partial charge in [0.15, 0.2) is 9.84 Å². The van der Waals surface area contributed by atoms with Gasteiger partial charge in [0.25, 0.3) is 0 Å². The SMILES string of the molecule is Cc1ccccc1NC(=O)[C@H](C)CS(=O)(=O)c1ccc2c(c1)NC(=O)[C@@H](C)S2. The summed E-state index contributed by atoms with van der Waals surface area (Å²) in [5.41, 5.74) is 2.06. The highest BCUT2D eigenvalue weighted by molar-refractivity contribution is 8.01. The minimum atomic E-state index is -3.69. The second-order valence-corrected chi connectivity index (χ2v) is 10.3. The zero-order valence-electron chi connectivity index (χ0n) is 15.9. The molecule has 0 aliphatic carbocycles. The number of anilines is 2. The topological polar surface area (TPSA) is 92.3 Å². The molecule has 2 N–H and O–H groups in total. The number of carbonyl (C=O) groups is 2. The number of carbonyl (C=O) groups excluding carboxylic acids is 2. The van der Waals surface area contributed by atoms with Gasteiger partial charge in [-0.3, -0.25) is 9.59 Å². The molecule has 148 valence electrons. The van der Waals surface area contributed by atoms with Crippen molar-refractivity contribution in [2.45, 2.75) is 35.8 Å². The van der Waals surface area contributed by atoms with E-state index >= 15 is 0 Å². The molecule has 2 aromatic rings. The number of hydrogen-bond acceptors (Lipinski definition) is 5. The third-order valence-electron chi connectivity index (χ3n) is 4.56. The average molecular weight is 419 g/mol. The smallest absolute Gasteiger partial charge is 0.237 e. The monoisotopic (exact) mass is 418 g/mol. The van der Waals surface area contributed by atoms with Gasteiger partial charge in [-0.1, -0.05) is 25.1 Å². The summed E-state index contributed by atoms with van der Waals surface area (Å²) >= 11 is 1.39. The van der Waals surface area contributed by atoms with Gasteiger partial charge in [-0.25, -0.2) is 8.42 Å². The molecule has 0 saturated carbocycles. The molecule has 0 unspecified atom stereocenters. The third-order valence-corrected chi connectivity index (χ3v) is 7.65. The van der Waals surface area contributed by atoms with Crippen molar-refractivity contribution in [3.05, 3.63) is 48.0 Å². The van der Waals surface area contributed by atoms with E-state index in [1.807, 2.05) is 25.1 Å². The van der Waals surface area contributed by atoms with Crippen molar-refractivity contribution in [1.82, 2.24) is 0 Å². The Morgan fingerprint density at radius 1 is 1.25 bits per heavy atom. The average Bonchev–Trinajstić information content (AvgIpc) is 2.63. The van der Waals surface area contributed by atoms with Gasteiger partial charge in [-0.15, -0.1) is 11.8 Å². The van der Waals surface area contributed by atoms with Gasteiger partial charge in [0.05, 0.1) is 21.6 Å². The normalized spacial score (nSPS) is 17.4. The minimum Gasteiger partial charge on any atom is -0.326 e. The Balaban J connectivity index is 1.74. The second kappa shape index (κ2) is 7.97. The van der Waals surface area contributed by atoms with E-state index in [2.05, 4.69) is 10.6 Å². The molecular weight excluding hydrogens is 396 g/mol. The molecule has 1 aliphatic heterocycles. The minimum absolute atomic E-state index is 0.0947. The predicted molar refractivity (Wildman–Crippen MR) is 111 cm³/mol. The Morgan fingerprint density at radius 2 is 1.96 bits per heavy atom. The van der Waals surface area contributed by atoms with Crippen LogP contribution in [0.5, 0.6) is 0 Å². The Kier molecular flexibility index (Phi) is 5.81. The Labute approximate surface area is 169 Å².